The molecule has 10 nitrogen and oxygen atoms in total. The van der Waals surface area contributed by atoms with Crippen molar-refractivity contribution in [3.05, 3.63) is 56.6 Å². The summed E-state index contributed by atoms with van der Waals surface area (Å²) in [5, 5.41) is 22.3. The van der Waals surface area contributed by atoms with Gasteiger partial charge >= 0.3 is 16.9 Å². The molecule has 0 saturated heterocycles. The molecule has 0 bridgehead atoms. The number of rotatable bonds is 6. The van der Waals surface area contributed by atoms with Crippen LogP contribution in [0.5, 0.6) is 17.2 Å². The summed E-state index contributed by atoms with van der Waals surface area (Å²) in [6.45, 7) is 0. The van der Waals surface area contributed by atoms with Crippen molar-refractivity contribution in [2.75, 3.05) is 7.11 Å². The molecule has 150 valence electrons. The molecule has 0 fully saturated rings. The van der Waals surface area contributed by atoms with E-state index in [4.69, 9.17) is 9.47 Å². The third-order valence-electron chi connectivity index (χ3n) is 3.32. The van der Waals surface area contributed by atoms with E-state index in [9.17, 15) is 41.8 Å². The molecule has 0 amide bonds. The molecule has 2 rings (SSSR count). The highest BCUT2D eigenvalue weighted by molar-refractivity contribution is 7.92. The van der Waals surface area contributed by atoms with Crippen LogP contribution in [0.3, 0.4) is 0 Å². The highest BCUT2D eigenvalue weighted by Crippen LogP contribution is 2.40. The molecule has 0 heterocycles. The van der Waals surface area contributed by atoms with Gasteiger partial charge in [-0.1, -0.05) is 0 Å². The Morgan fingerprint density at radius 2 is 1.43 bits per heavy atom. The molecule has 2 aromatic rings. The number of halogens is 3. The molecule has 28 heavy (non-hydrogen) atoms. The summed E-state index contributed by atoms with van der Waals surface area (Å²) >= 11 is 0. The van der Waals surface area contributed by atoms with E-state index < -0.39 is 53.0 Å². The fourth-order valence-corrected chi connectivity index (χ4v) is 2.78. The molecule has 0 aliphatic heterocycles. The van der Waals surface area contributed by atoms with Gasteiger partial charge < -0.3 is 9.47 Å². The second-order valence-corrected chi connectivity index (χ2v) is 6.97. The first-order chi connectivity index (χ1) is 12.9. The fraction of sp³-hybridized carbons (Fsp3) is 0.143. The van der Waals surface area contributed by atoms with Gasteiger partial charge in [-0.05, 0) is 24.3 Å². The van der Waals surface area contributed by atoms with Crippen LogP contribution in [0, 0.1) is 20.2 Å². The lowest BCUT2D eigenvalue weighted by atomic mass is 10.2. The lowest BCUT2D eigenvalue weighted by Gasteiger charge is -2.11. The van der Waals surface area contributed by atoms with Crippen molar-refractivity contribution < 1.29 is 40.9 Å². The molecule has 0 spiro atoms. The Morgan fingerprint density at radius 3 is 1.89 bits per heavy atom. The van der Waals surface area contributed by atoms with E-state index >= 15 is 0 Å². The molecule has 14 heteroatoms. The predicted molar refractivity (Wildman–Crippen MR) is 86.1 cm³/mol. The topological polar surface area (TPSA) is 139 Å². The largest absolute Gasteiger partial charge is 0.501 e. The molecule has 0 radical (unpaired) electrons. The van der Waals surface area contributed by atoms with Crippen molar-refractivity contribution in [1.82, 2.24) is 0 Å². The number of methoxy groups -OCH3 is 1. The van der Waals surface area contributed by atoms with Crippen LogP contribution in [0.2, 0.25) is 0 Å². The van der Waals surface area contributed by atoms with Gasteiger partial charge in [-0.15, -0.1) is 0 Å². The van der Waals surface area contributed by atoms with Crippen molar-refractivity contribution in [2.24, 2.45) is 0 Å². The van der Waals surface area contributed by atoms with Crippen molar-refractivity contribution >= 4 is 21.2 Å². The van der Waals surface area contributed by atoms with E-state index in [0.717, 1.165) is 12.1 Å². The van der Waals surface area contributed by atoms with Crippen molar-refractivity contribution in [3.63, 3.8) is 0 Å². The average Bonchev–Trinajstić information content (AvgIpc) is 2.60. The Hall–Kier alpha value is -3.42. The molecule has 0 N–H and O–H groups in total. The number of hydrogen-bond acceptors (Lipinski definition) is 8. The van der Waals surface area contributed by atoms with Crippen LogP contribution in [0.4, 0.5) is 24.5 Å². The highest BCUT2D eigenvalue weighted by atomic mass is 32.2. The molecule has 0 aromatic heterocycles. The Balaban J connectivity index is 2.57. The van der Waals surface area contributed by atoms with Gasteiger partial charge in [0.2, 0.25) is 11.5 Å². The highest BCUT2D eigenvalue weighted by Gasteiger charge is 2.47. The van der Waals surface area contributed by atoms with Crippen LogP contribution < -0.4 is 9.47 Å². The van der Waals surface area contributed by atoms with Gasteiger partial charge in [-0.25, -0.2) is 8.42 Å². The zero-order chi connectivity index (χ0) is 21.3. The van der Waals surface area contributed by atoms with Crippen molar-refractivity contribution in [1.29, 1.82) is 0 Å². The quantitative estimate of drug-likeness (QED) is 0.508. The van der Waals surface area contributed by atoms with Gasteiger partial charge in [0.05, 0.1) is 27.9 Å². The van der Waals surface area contributed by atoms with E-state index in [1.165, 1.54) is 13.2 Å². The normalized spacial score (nSPS) is 11.7. The van der Waals surface area contributed by atoms with Crippen LogP contribution in [-0.2, 0) is 9.84 Å². The fourth-order valence-electron chi connectivity index (χ4n) is 2.00. The summed E-state index contributed by atoms with van der Waals surface area (Å²) in [5.41, 5.74) is -7.44. The monoisotopic (exact) mass is 422 g/mol. The maximum atomic E-state index is 12.6. The molecule has 0 atom stereocenters. The molecule has 2 aromatic carbocycles. The van der Waals surface area contributed by atoms with Crippen LogP contribution in [0.1, 0.15) is 0 Å². The zero-order valence-corrected chi connectivity index (χ0v) is 14.5. The van der Waals surface area contributed by atoms with Gasteiger partial charge in [0.25, 0.3) is 9.84 Å². The van der Waals surface area contributed by atoms with Crippen LogP contribution in [0.25, 0.3) is 0 Å². The minimum absolute atomic E-state index is 0.0835. The maximum Gasteiger partial charge on any atom is 0.501 e. The van der Waals surface area contributed by atoms with Gasteiger partial charge in [0, 0.05) is 6.07 Å². The average molecular weight is 422 g/mol. The van der Waals surface area contributed by atoms with Crippen LogP contribution in [0.15, 0.2) is 41.3 Å². The third kappa shape index (κ3) is 3.95. The molecular weight excluding hydrogens is 413 g/mol. The summed E-state index contributed by atoms with van der Waals surface area (Å²) in [5.74, 6) is -1.08. The minimum atomic E-state index is -5.84. The first-order valence-corrected chi connectivity index (χ1v) is 8.47. The van der Waals surface area contributed by atoms with Gasteiger partial charge in [0.15, 0.2) is 0 Å². The summed E-state index contributed by atoms with van der Waals surface area (Å²) in [6.07, 6.45) is 0. The second-order valence-electron chi connectivity index (χ2n) is 5.03. The van der Waals surface area contributed by atoms with Gasteiger partial charge in [0.1, 0.15) is 5.75 Å². The van der Waals surface area contributed by atoms with E-state index in [2.05, 4.69) is 0 Å². The van der Waals surface area contributed by atoms with E-state index in [-0.39, 0.29) is 11.8 Å². The number of nitro benzene ring substituents is 2. The van der Waals surface area contributed by atoms with E-state index in [1.54, 1.807) is 0 Å². The van der Waals surface area contributed by atoms with Crippen molar-refractivity contribution in [2.45, 2.75) is 10.4 Å². The third-order valence-corrected chi connectivity index (χ3v) is 4.81. The first-order valence-electron chi connectivity index (χ1n) is 6.98. The summed E-state index contributed by atoms with van der Waals surface area (Å²) in [6, 6.07) is 4.47. The first kappa shape index (κ1) is 20.9. The molecular formula is C14H9F3N2O8S. The van der Waals surface area contributed by atoms with Gasteiger partial charge in [-0.2, -0.15) is 13.2 Å². The maximum absolute atomic E-state index is 12.6. The molecule has 0 saturated carbocycles. The number of nitrogens with zero attached hydrogens (tertiary/aromatic N) is 2. The second kappa shape index (κ2) is 7.30. The Kier molecular flexibility index (Phi) is 5.45. The Morgan fingerprint density at radius 1 is 0.929 bits per heavy atom. The number of alkyl halides is 3. The number of ether oxygens (including phenoxy) is 2. The smallest absolute Gasteiger partial charge is 0.496 e. The minimum Gasteiger partial charge on any atom is -0.496 e. The van der Waals surface area contributed by atoms with E-state index in [0.29, 0.717) is 12.1 Å². The molecule has 0 unspecified atom stereocenters. The Bertz CT molecular complexity index is 1050. The Labute approximate surface area is 154 Å². The molecule has 0 aliphatic carbocycles. The number of hydrogen-bond donors (Lipinski definition) is 0. The lowest BCUT2D eigenvalue weighted by molar-refractivity contribution is -0.387. The number of sulfone groups is 1. The SMILES string of the molecule is COc1ccc(Oc2ccc(S(=O)(=O)C(F)(F)F)cc2[N+](=O)[O-])c([N+](=O)[O-])c1. The summed E-state index contributed by atoms with van der Waals surface area (Å²) in [4.78, 5) is 18.9. The van der Waals surface area contributed by atoms with Crippen molar-refractivity contribution in [3.8, 4) is 17.2 Å². The predicted octanol–water partition coefficient (Wildman–Crippen LogP) is 3.60. The van der Waals surface area contributed by atoms with E-state index in [1.807, 2.05) is 0 Å². The van der Waals surface area contributed by atoms with Crippen LogP contribution >= 0.6 is 0 Å². The standard InChI is InChI=1S/C14H9F3N2O8S/c1-26-8-2-4-12(10(6-8)18(20)21)27-13-5-3-9(7-11(13)19(22)23)28(24,25)14(15,16)17/h2-7H,1H3. The summed E-state index contributed by atoms with van der Waals surface area (Å²) in [7, 11) is -4.60. The number of benzene rings is 2. The van der Waals surface area contributed by atoms with Crippen LogP contribution in [-0.4, -0.2) is 30.9 Å². The van der Waals surface area contributed by atoms with Gasteiger partial charge in [-0.3, -0.25) is 20.2 Å². The lowest BCUT2D eigenvalue weighted by Crippen LogP contribution is -2.23. The number of nitro groups is 2. The molecule has 0 aliphatic rings. The summed E-state index contributed by atoms with van der Waals surface area (Å²) < 4.78 is 70.7. The zero-order valence-electron chi connectivity index (χ0n) is 13.7.